The standard InChI is InChI=1S/C26H18ClN3O/c27-22-15-6-7-16-23(22)28-26(31)24-17-25(30(29-24)19-11-2-1-3-12-19)21-14-8-10-18-9-4-5-13-20(18)21/h1-17H,(H,28,31). The van der Waals surface area contributed by atoms with Crippen LogP contribution in [0.2, 0.25) is 5.02 Å². The minimum atomic E-state index is -0.315. The lowest BCUT2D eigenvalue weighted by atomic mass is 10.0. The highest BCUT2D eigenvalue weighted by molar-refractivity contribution is 6.33. The van der Waals surface area contributed by atoms with Gasteiger partial charge in [-0.2, -0.15) is 5.10 Å². The molecule has 0 spiro atoms. The summed E-state index contributed by atoms with van der Waals surface area (Å²) in [4.78, 5) is 13.0. The molecule has 0 fully saturated rings. The fraction of sp³-hybridized carbons (Fsp3) is 0. The second-order valence-electron chi connectivity index (χ2n) is 7.12. The van der Waals surface area contributed by atoms with E-state index in [0.29, 0.717) is 16.4 Å². The molecule has 0 atom stereocenters. The number of carbonyl (C=O) groups is 1. The predicted molar refractivity (Wildman–Crippen MR) is 126 cm³/mol. The number of para-hydroxylation sites is 2. The van der Waals surface area contributed by atoms with Crippen LogP contribution in [0.3, 0.4) is 0 Å². The Hall–Kier alpha value is -3.89. The van der Waals surface area contributed by atoms with Crippen molar-refractivity contribution in [2.24, 2.45) is 0 Å². The van der Waals surface area contributed by atoms with Crippen molar-refractivity contribution in [3.63, 3.8) is 0 Å². The van der Waals surface area contributed by atoms with E-state index in [1.807, 2.05) is 71.4 Å². The first-order valence-electron chi connectivity index (χ1n) is 9.90. The molecule has 0 aliphatic carbocycles. The number of fused-ring (bicyclic) bond motifs is 1. The number of aromatic nitrogens is 2. The van der Waals surface area contributed by atoms with Gasteiger partial charge in [0.15, 0.2) is 5.69 Å². The molecule has 1 heterocycles. The van der Waals surface area contributed by atoms with Crippen LogP contribution in [0.25, 0.3) is 27.7 Å². The van der Waals surface area contributed by atoms with E-state index in [0.717, 1.165) is 27.7 Å². The lowest BCUT2D eigenvalue weighted by Crippen LogP contribution is -2.13. The van der Waals surface area contributed by atoms with Crippen LogP contribution in [0.5, 0.6) is 0 Å². The molecular weight excluding hydrogens is 406 g/mol. The summed E-state index contributed by atoms with van der Waals surface area (Å²) in [6.07, 6.45) is 0. The van der Waals surface area contributed by atoms with E-state index in [1.54, 1.807) is 12.1 Å². The highest BCUT2D eigenvalue weighted by Gasteiger charge is 2.19. The van der Waals surface area contributed by atoms with E-state index in [9.17, 15) is 4.79 Å². The van der Waals surface area contributed by atoms with Crippen LogP contribution in [0, 0.1) is 0 Å². The van der Waals surface area contributed by atoms with E-state index < -0.39 is 0 Å². The van der Waals surface area contributed by atoms with Crippen LogP contribution in [-0.4, -0.2) is 15.7 Å². The summed E-state index contributed by atoms with van der Waals surface area (Å²) in [5.41, 5.74) is 3.59. The second kappa shape index (κ2) is 8.09. The molecule has 5 aromatic rings. The summed E-state index contributed by atoms with van der Waals surface area (Å²) in [5, 5.41) is 10.2. The zero-order valence-corrected chi connectivity index (χ0v) is 17.3. The molecule has 5 heteroatoms. The average Bonchev–Trinajstić information content (AvgIpc) is 3.26. The quantitative estimate of drug-likeness (QED) is 0.354. The van der Waals surface area contributed by atoms with Crippen LogP contribution < -0.4 is 5.32 Å². The van der Waals surface area contributed by atoms with Gasteiger partial charge in [0.2, 0.25) is 0 Å². The summed E-state index contributed by atoms with van der Waals surface area (Å²) in [7, 11) is 0. The lowest BCUT2D eigenvalue weighted by Gasteiger charge is -2.10. The van der Waals surface area contributed by atoms with Crippen molar-refractivity contribution in [3.05, 3.63) is 114 Å². The molecule has 1 N–H and O–H groups in total. The first-order valence-corrected chi connectivity index (χ1v) is 10.3. The normalized spacial score (nSPS) is 10.9. The number of nitrogens with zero attached hydrogens (tertiary/aromatic N) is 2. The van der Waals surface area contributed by atoms with E-state index in [-0.39, 0.29) is 5.91 Å². The van der Waals surface area contributed by atoms with Crippen molar-refractivity contribution in [3.8, 4) is 16.9 Å². The Morgan fingerprint density at radius 1 is 0.806 bits per heavy atom. The van der Waals surface area contributed by atoms with Gasteiger partial charge in [0.05, 0.1) is 22.1 Å². The van der Waals surface area contributed by atoms with E-state index in [1.165, 1.54) is 0 Å². The van der Waals surface area contributed by atoms with Crippen molar-refractivity contribution >= 4 is 34.0 Å². The van der Waals surface area contributed by atoms with Crippen LogP contribution >= 0.6 is 11.6 Å². The largest absolute Gasteiger partial charge is 0.319 e. The number of hydrogen-bond acceptors (Lipinski definition) is 2. The zero-order chi connectivity index (χ0) is 21.2. The van der Waals surface area contributed by atoms with Crippen LogP contribution in [0.15, 0.2) is 103 Å². The molecular formula is C26H18ClN3O. The molecule has 4 aromatic carbocycles. The van der Waals surface area contributed by atoms with Gasteiger partial charge in [0, 0.05) is 5.56 Å². The summed E-state index contributed by atoms with van der Waals surface area (Å²) in [6.45, 7) is 0. The Morgan fingerprint density at radius 2 is 1.52 bits per heavy atom. The minimum absolute atomic E-state index is 0.312. The van der Waals surface area contributed by atoms with Crippen molar-refractivity contribution in [2.75, 3.05) is 5.32 Å². The first-order chi connectivity index (χ1) is 15.2. The Balaban J connectivity index is 1.65. The Kier molecular flexibility index (Phi) is 4.98. The molecule has 0 aliphatic rings. The van der Waals surface area contributed by atoms with E-state index >= 15 is 0 Å². The molecule has 0 unspecified atom stereocenters. The van der Waals surface area contributed by atoms with Gasteiger partial charge in [-0.05, 0) is 41.1 Å². The van der Waals surface area contributed by atoms with E-state index in [2.05, 4.69) is 34.7 Å². The molecule has 0 saturated carbocycles. The molecule has 150 valence electrons. The van der Waals surface area contributed by atoms with Gasteiger partial charge in [0.25, 0.3) is 5.91 Å². The number of hydrogen-bond donors (Lipinski definition) is 1. The molecule has 0 bridgehead atoms. The molecule has 31 heavy (non-hydrogen) atoms. The fourth-order valence-electron chi connectivity index (χ4n) is 3.65. The second-order valence-corrected chi connectivity index (χ2v) is 7.53. The Morgan fingerprint density at radius 3 is 2.35 bits per heavy atom. The van der Waals surface area contributed by atoms with Crippen LogP contribution in [0.4, 0.5) is 5.69 Å². The third-order valence-corrected chi connectivity index (χ3v) is 5.46. The minimum Gasteiger partial charge on any atom is -0.319 e. The predicted octanol–water partition coefficient (Wildman–Crippen LogP) is 6.60. The molecule has 1 aromatic heterocycles. The smallest absolute Gasteiger partial charge is 0.276 e. The van der Waals surface area contributed by atoms with E-state index in [4.69, 9.17) is 11.6 Å². The summed E-state index contributed by atoms with van der Waals surface area (Å²) < 4.78 is 1.81. The van der Waals surface area contributed by atoms with Gasteiger partial charge in [-0.1, -0.05) is 84.4 Å². The first kappa shape index (κ1) is 19.1. The van der Waals surface area contributed by atoms with Crippen molar-refractivity contribution in [1.82, 2.24) is 9.78 Å². The zero-order valence-electron chi connectivity index (χ0n) is 16.5. The van der Waals surface area contributed by atoms with Crippen molar-refractivity contribution in [2.45, 2.75) is 0 Å². The number of anilines is 1. The molecule has 0 radical (unpaired) electrons. The number of amides is 1. The maximum Gasteiger partial charge on any atom is 0.276 e. The number of nitrogens with one attached hydrogen (secondary N) is 1. The third kappa shape index (κ3) is 3.69. The SMILES string of the molecule is O=C(Nc1ccccc1Cl)c1cc(-c2cccc3ccccc23)n(-c2ccccc2)n1. The number of benzene rings is 4. The van der Waals surface area contributed by atoms with Crippen LogP contribution in [-0.2, 0) is 0 Å². The molecule has 0 saturated heterocycles. The highest BCUT2D eigenvalue weighted by atomic mass is 35.5. The number of rotatable bonds is 4. The Labute approximate surface area is 184 Å². The molecule has 0 aliphatic heterocycles. The van der Waals surface area contributed by atoms with Crippen LogP contribution in [0.1, 0.15) is 10.5 Å². The summed E-state index contributed by atoms with van der Waals surface area (Å²) >= 11 is 6.21. The number of halogens is 1. The number of carbonyl (C=O) groups excluding carboxylic acids is 1. The fourth-order valence-corrected chi connectivity index (χ4v) is 3.83. The van der Waals surface area contributed by atoms with Gasteiger partial charge in [-0.25, -0.2) is 4.68 Å². The molecule has 4 nitrogen and oxygen atoms in total. The molecule has 5 rings (SSSR count). The average molecular weight is 424 g/mol. The summed E-state index contributed by atoms with van der Waals surface area (Å²) in [5.74, 6) is -0.315. The van der Waals surface area contributed by atoms with Crippen molar-refractivity contribution < 1.29 is 4.79 Å². The summed E-state index contributed by atoms with van der Waals surface area (Å²) in [6, 6.07) is 33.1. The van der Waals surface area contributed by atoms with Gasteiger partial charge < -0.3 is 5.32 Å². The highest BCUT2D eigenvalue weighted by Crippen LogP contribution is 2.31. The lowest BCUT2D eigenvalue weighted by molar-refractivity contribution is 0.102. The van der Waals surface area contributed by atoms with Gasteiger partial charge in [0.1, 0.15) is 0 Å². The maximum absolute atomic E-state index is 13.0. The topological polar surface area (TPSA) is 46.9 Å². The van der Waals surface area contributed by atoms with Gasteiger partial charge in [-0.15, -0.1) is 0 Å². The molecule has 1 amide bonds. The van der Waals surface area contributed by atoms with Crippen molar-refractivity contribution in [1.29, 1.82) is 0 Å². The van der Waals surface area contributed by atoms with Gasteiger partial charge >= 0.3 is 0 Å². The maximum atomic E-state index is 13.0. The Bertz CT molecular complexity index is 1390. The van der Waals surface area contributed by atoms with Gasteiger partial charge in [-0.3, -0.25) is 4.79 Å². The monoisotopic (exact) mass is 423 g/mol. The third-order valence-electron chi connectivity index (χ3n) is 5.13.